The Morgan fingerprint density at radius 3 is 2.39 bits per heavy atom. The van der Waals surface area contributed by atoms with Gasteiger partial charge >= 0.3 is 0 Å². The van der Waals surface area contributed by atoms with Crippen molar-refractivity contribution in [2.24, 2.45) is 0 Å². The zero-order valence-corrected chi connectivity index (χ0v) is 13.6. The molecule has 0 heterocycles. The van der Waals surface area contributed by atoms with Gasteiger partial charge in [-0.15, -0.1) is 0 Å². The summed E-state index contributed by atoms with van der Waals surface area (Å²) in [7, 11) is 1.53. The maximum absolute atomic E-state index is 12.2. The van der Waals surface area contributed by atoms with Gasteiger partial charge in [-0.25, -0.2) is 0 Å². The van der Waals surface area contributed by atoms with E-state index >= 15 is 0 Å². The third-order valence-electron chi connectivity index (χ3n) is 3.20. The number of methoxy groups -OCH3 is 1. The average Bonchev–Trinajstić information content (AvgIpc) is 2.54. The van der Waals surface area contributed by atoms with Crippen LogP contribution in [0.4, 0.5) is 11.4 Å². The molecule has 2 aromatic carbocycles. The number of nitrogens with zero attached hydrogens (tertiary/aromatic N) is 1. The first-order chi connectivity index (χ1) is 11.0. The van der Waals surface area contributed by atoms with E-state index < -0.39 is 0 Å². The number of rotatable bonds is 5. The molecule has 0 atom stereocenters. The Labute approximate surface area is 139 Å². The van der Waals surface area contributed by atoms with Gasteiger partial charge in [0.25, 0.3) is 0 Å². The fourth-order valence-corrected chi connectivity index (χ4v) is 2.21. The Balaban J connectivity index is 2.12. The highest BCUT2D eigenvalue weighted by atomic mass is 35.5. The van der Waals surface area contributed by atoms with Crippen molar-refractivity contribution >= 4 is 34.8 Å². The van der Waals surface area contributed by atoms with Crippen LogP contribution in [0, 0.1) is 0 Å². The van der Waals surface area contributed by atoms with Crippen LogP contribution in [0.1, 0.15) is 6.92 Å². The van der Waals surface area contributed by atoms with E-state index in [4.69, 9.17) is 16.3 Å². The molecule has 2 amide bonds. The van der Waals surface area contributed by atoms with Gasteiger partial charge in [-0.3, -0.25) is 9.59 Å². The quantitative estimate of drug-likeness (QED) is 0.913. The van der Waals surface area contributed by atoms with Gasteiger partial charge < -0.3 is 15.0 Å². The van der Waals surface area contributed by atoms with Crippen LogP contribution in [0.15, 0.2) is 48.5 Å². The van der Waals surface area contributed by atoms with Crippen molar-refractivity contribution in [3.8, 4) is 5.75 Å². The molecule has 6 heteroatoms. The summed E-state index contributed by atoms with van der Waals surface area (Å²) in [5.41, 5.74) is 1.16. The van der Waals surface area contributed by atoms with E-state index in [1.165, 1.54) is 18.9 Å². The van der Waals surface area contributed by atoms with Crippen molar-refractivity contribution in [2.75, 3.05) is 23.9 Å². The lowest BCUT2D eigenvalue weighted by molar-refractivity contribution is -0.120. The number of amides is 2. The summed E-state index contributed by atoms with van der Waals surface area (Å²) in [6.07, 6.45) is 0. The zero-order chi connectivity index (χ0) is 16.8. The predicted molar refractivity (Wildman–Crippen MR) is 91.1 cm³/mol. The second-order valence-corrected chi connectivity index (χ2v) is 5.27. The van der Waals surface area contributed by atoms with Crippen LogP contribution in [0.2, 0.25) is 5.02 Å². The minimum atomic E-state index is -0.320. The van der Waals surface area contributed by atoms with E-state index in [9.17, 15) is 9.59 Å². The van der Waals surface area contributed by atoms with Gasteiger partial charge in [0.15, 0.2) is 0 Å². The molecule has 5 nitrogen and oxygen atoms in total. The van der Waals surface area contributed by atoms with Crippen LogP contribution in [-0.4, -0.2) is 25.5 Å². The highest BCUT2D eigenvalue weighted by Gasteiger charge is 2.16. The standard InChI is InChI=1S/C17H17ClN2O3/c1-12(21)20(14-9-7-13(18)8-10-14)11-17(22)19-15-5-3-4-6-16(15)23-2/h3-10H,11H2,1-2H3,(H,19,22). The monoisotopic (exact) mass is 332 g/mol. The van der Waals surface area contributed by atoms with E-state index in [1.54, 1.807) is 42.5 Å². The summed E-state index contributed by atoms with van der Waals surface area (Å²) in [6.45, 7) is 1.31. The van der Waals surface area contributed by atoms with Crippen molar-refractivity contribution in [3.05, 3.63) is 53.6 Å². The smallest absolute Gasteiger partial charge is 0.244 e. The molecule has 0 fully saturated rings. The highest BCUT2D eigenvalue weighted by Crippen LogP contribution is 2.23. The summed E-state index contributed by atoms with van der Waals surface area (Å²) in [6, 6.07) is 13.8. The van der Waals surface area contributed by atoms with Gasteiger partial charge in [0, 0.05) is 17.6 Å². The number of hydrogen-bond donors (Lipinski definition) is 1. The first-order valence-corrected chi connectivity index (χ1v) is 7.35. The van der Waals surface area contributed by atoms with Crippen LogP contribution >= 0.6 is 11.6 Å². The molecule has 120 valence electrons. The van der Waals surface area contributed by atoms with Crippen LogP contribution in [0.25, 0.3) is 0 Å². The summed E-state index contributed by atoms with van der Waals surface area (Å²) in [4.78, 5) is 25.5. The SMILES string of the molecule is COc1ccccc1NC(=O)CN(C(C)=O)c1ccc(Cl)cc1. The molecular formula is C17H17ClN2O3. The second-order valence-electron chi connectivity index (χ2n) is 4.83. The van der Waals surface area contributed by atoms with E-state index in [2.05, 4.69) is 5.32 Å². The molecular weight excluding hydrogens is 316 g/mol. The number of para-hydroxylation sites is 2. The molecule has 0 aliphatic rings. The van der Waals surface area contributed by atoms with Crippen molar-refractivity contribution < 1.29 is 14.3 Å². The second kappa shape index (κ2) is 7.65. The van der Waals surface area contributed by atoms with E-state index in [0.717, 1.165) is 0 Å². The Kier molecular flexibility index (Phi) is 5.60. The predicted octanol–water partition coefficient (Wildman–Crippen LogP) is 3.34. The van der Waals surface area contributed by atoms with Gasteiger partial charge in [-0.05, 0) is 36.4 Å². The van der Waals surface area contributed by atoms with Crippen molar-refractivity contribution in [1.29, 1.82) is 0 Å². The molecule has 23 heavy (non-hydrogen) atoms. The van der Waals surface area contributed by atoms with Crippen molar-refractivity contribution in [3.63, 3.8) is 0 Å². The number of benzene rings is 2. The summed E-state index contributed by atoms with van der Waals surface area (Å²) in [5, 5.41) is 3.31. The molecule has 2 aromatic rings. The molecule has 0 spiro atoms. The lowest BCUT2D eigenvalue weighted by Crippen LogP contribution is -2.36. The summed E-state index contributed by atoms with van der Waals surface area (Å²) >= 11 is 5.85. The molecule has 0 aliphatic heterocycles. The normalized spacial score (nSPS) is 10.0. The lowest BCUT2D eigenvalue weighted by atomic mass is 10.2. The first-order valence-electron chi connectivity index (χ1n) is 6.98. The van der Waals surface area contributed by atoms with E-state index in [-0.39, 0.29) is 18.4 Å². The Morgan fingerprint density at radius 1 is 1.13 bits per heavy atom. The number of anilines is 2. The maximum Gasteiger partial charge on any atom is 0.244 e. The number of halogens is 1. The third kappa shape index (κ3) is 4.47. The van der Waals surface area contributed by atoms with Crippen LogP contribution in [-0.2, 0) is 9.59 Å². The first kappa shape index (κ1) is 16.8. The highest BCUT2D eigenvalue weighted by molar-refractivity contribution is 6.30. The fourth-order valence-electron chi connectivity index (χ4n) is 2.09. The summed E-state index contributed by atoms with van der Waals surface area (Å²) < 4.78 is 5.19. The Morgan fingerprint density at radius 2 is 1.78 bits per heavy atom. The Bertz CT molecular complexity index is 701. The van der Waals surface area contributed by atoms with Gasteiger partial charge in [0.1, 0.15) is 12.3 Å². The third-order valence-corrected chi connectivity index (χ3v) is 3.45. The van der Waals surface area contributed by atoms with Crippen LogP contribution in [0.3, 0.4) is 0 Å². The van der Waals surface area contributed by atoms with E-state index in [0.29, 0.717) is 22.1 Å². The van der Waals surface area contributed by atoms with Gasteiger partial charge in [0.05, 0.1) is 12.8 Å². The van der Waals surface area contributed by atoms with E-state index in [1.807, 2.05) is 6.07 Å². The molecule has 0 saturated carbocycles. The van der Waals surface area contributed by atoms with Gasteiger partial charge in [0.2, 0.25) is 11.8 Å². The van der Waals surface area contributed by atoms with Crippen molar-refractivity contribution in [2.45, 2.75) is 6.92 Å². The number of ether oxygens (including phenoxy) is 1. The molecule has 0 radical (unpaired) electrons. The number of carbonyl (C=O) groups excluding carboxylic acids is 2. The zero-order valence-electron chi connectivity index (χ0n) is 12.9. The molecule has 0 unspecified atom stereocenters. The number of hydrogen-bond acceptors (Lipinski definition) is 3. The minimum absolute atomic E-state index is 0.102. The molecule has 1 N–H and O–H groups in total. The minimum Gasteiger partial charge on any atom is -0.495 e. The topological polar surface area (TPSA) is 58.6 Å². The molecule has 0 bridgehead atoms. The maximum atomic E-state index is 12.2. The molecule has 2 rings (SSSR count). The fraction of sp³-hybridized carbons (Fsp3) is 0.176. The largest absolute Gasteiger partial charge is 0.495 e. The summed E-state index contributed by atoms with van der Waals surface area (Å²) in [5.74, 6) is 0.00358. The number of nitrogens with one attached hydrogen (secondary N) is 1. The lowest BCUT2D eigenvalue weighted by Gasteiger charge is -2.21. The van der Waals surface area contributed by atoms with Gasteiger partial charge in [-0.2, -0.15) is 0 Å². The van der Waals surface area contributed by atoms with Crippen LogP contribution in [0.5, 0.6) is 5.75 Å². The molecule has 0 aromatic heterocycles. The molecule has 0 saturated heterocycles. The number of carbonyl (C=O) groups is 2. The van der Waals surface area contributed by atoms with Crippen molar-refractivity contribution in [1.82, 2.24) is 0 Å². The van der Waals surface area contributed by atoms with Crippen LogP contribution < -0.4 is 15.0 Å². The van der Waals surface area contributed by atoms with Gasteiger partial charge in [-0.1, -0.05) is 23.7 Å². The molecule has 0 aliphatic carbocycles. The average molecular weight is 333 g/mol. The Hall–Kier alpha value is -2.53.